The Balaban J connectivity index is 1.21. The summed E-state index contributed by atoms with van der Waals surface area (Å²) in [5.74, 6) is -2.43. The molecule has 3 aromatic carbocycles. The summed E-state index contributed by atoms with van der Waals surface area (Å²) in [6.45, 7) is 2.96. The first-order valence-corrected chi connectivity index (χ1v) is 13.9. The van der Waals surface area contributed by atoms with Crippen molar-refractivity contribution in [2.75, 3.05) is 19.7 Å². The molecule has 1 aliphatic heterocycles. The highest BCUT2D eigenvalue weighted by molar-refractivity contribution is 7.86. The average molecular weight is 552 g/mol. The van der Waals surface area contributed by atoms with Crippen molar-refractivity contribution in [3.63, 3.8) is 0 Å². The molecule has 1 aliphatic rings. The van der Waals surface area contributed by atoms with Gasteiger partial charge in [-0.1, -0.05) is 66.2 Å². The molecule has 0 atom stereocenters. The Morgan fingerprint density at radius 3 is 2.00 bits per heavy atom. The number of ether oxygens (including phenoxy) is 1. The van der Waals surface area contributed by atoms with Gasteiger partial charge >= 0.3 is 12.1 Å². The molecule has 0 spiro atoms. The molecule has 0 radical (unpaired) electrons. The minimum atomic E-state index is -3.82. The molecule has 0 saturated carbocycles. The molecule has 4 rings (SSSR count). The minimum absolute atomic E-state index is 0.0260. The smallest absolute Gasteiger partial charge is 0.410 e. The number of rotatable bonds is 9. The van der Waals surface area contributed by atoms with Gasteiger partial charge in [-0.15, -0.1) is 0 Å². The summed E-state index contributed by atoms with van der Waals surface area (Å²) in [6.07, 6.45) is 0.804. The Bertz CT molecular complexity index is 1420. The third-order valence-electron chi connectivity index (χ3n) is 6.63. The lowest BCUT2D eigenvalue weighted by molar-refractivity contribution is -0.131. The van der Waals surface area contributed by atoms with E-state index in [0.717, 1.165) is 22.3 Å². The van der Waals surface area contributed by atoms with Crippen molar-refractivity contribution in [3.05, 3.63) is 89.5 Å². The summed E-state index contributed by atoms with van der Waals surface area (Å²) in [5.41, 5.74) is 3.56. The quantitative estimate of drug-likeness (QED) is 0.231. The highest BCUT2D eigenvalue weighted by Gasteiger charge is 2.26. The molecule has 10 heteroatoms. The SMILES string of the molecule is Cc1ccc(S(=O)(=O)OCC2CCN(C(=O)OCc3ccc(-c4ccc(C(=O)C(=O)O)cc4)cc3)CC2)cc1. The number of ketones is 1. The van der Waals surface area contributed by atoms with Gasteiger partial charge < -0.3 is 14.7 Å². The summed E-state index contributed by atoms with van der Waals surface area (Å²) >= 11 is 0. The van der Waals surface area contributed by atoms with Gasteiger partial charge in [-0.25, -0.2) is 9.59 Å². The summed E-state index contributed by atoms with van der Waals surface area (Å²) in [7, 11) is -3.82. The van der Waals surface area contributed by atoms with Gasteiger partial charge in [-0.3, -0.25) is 8.98 Å². The fourth-order valence-corrected chi connectivity index (χ4v) is 5.19. The van der Waals surface area contributed by atoms with Crippen LogP contribution < -0.4 is 0 Å². The van der Waals surface area contributed by atoms with E-state index in [4.69, 9.17) is 14.0 Å². The number of carboxylic acid groups (broad SMARTS) is 1. The van der Waals surface area contributed by atoms with Gasteiger partial charge in [0, 0.05) is 18.7 Å². The summed E-state index contributed by atoms with van der Waals surface area (Å²) in [4.78, 5) is 36.6. The van der Waals surface area contributed by atoms with E-state index < -0.39 is 28.0 Å². The van der Waals surface area contributed by atoms with Crippen LogP contribution in [0.4, 0.5) is 4.79 Å². The Morgan fingerprint density at radius 2 is 1.44 bits per heavy atom. The largest absolute Gasteiger partial charge is 0.475 e. The standard InChI is InChI=1S/C29H29NO8S/c1-20-2-12-26(13-3-20)39(35,36)38-19-22-14-16-30(17-15-22)29(34)37-18-21-4-6-23(7-5-21)24-8-10-25(11-9-24)27(31)28(32)33/h2-13,22H,14-19H2,1H3,(H,32,33). The third-order valence-corrected chi connectivity index (χ3v) is 7.93. The van der Waals surface area contributed by atoms with E-state index >= 15 is 0 Å². The molecule has 1 N–H and O–H groups in total. The van der Waals surface area contributed by atoms with Crippen LogP contribution >= 0.6 is 0 Å². The van der Waals surface area contributed by atoms with Crippen LogP contribution in [0.5, 0.6) is 0 Å². The van der Waals surface area contributed by atoms with Crippen LogP contribution in [0.2, 0.25) is 0 Å². The lowest BCUT2D eigenvalue weighted by atomic mass is 9.98. The third kappa shape index (κ3) is 7.30. The van der Waals surface area contributed by atoms with Crippen molar-refractivity contribution in [2.24, 2.45) is 5.92 Å². The number of likely N-dealkylation sites (tertiary alicyclic amines) is 1. The number of piperidine rings is 1. The lowest BCUT2D eigenvalue weighted by Crippen LogP contribution is -2.39. The molecular weight excluding hydrogens is 522 g/mol. The van der Waals surface area contributed by atoms with Crippen LogP contribution in [-0.4, -0.2) is 56.0 Å². The molecule has 1 heterocycles. The Hall–Kier alpha value is -4.02. The van der Waals surface area contributed by atoms with Crippen LogP contribution in [0, 0.1) is 12.8 Å². The van der Waals surface area contributed by atoms with E-state index in [1.54, 1.807) is 29.2 Å². The Kier molecular flexibility index (Phi) is 8.78. The van der Waals surface area contributed by atoms with Crippen molar-refractivity contribution in [2.45, 2.75) is 31.3 Å². The van der Waals surface area contributed by atoms with Crippen LogP contribution in [0.15, 0.2) is 77.7 Å². The molecule has 0 aromatic heterocycles. The normalized spacial score (nSPS) is 14.1. The number of hydrogen-bond acceptors (Lipinski definition) is 7. The van der Waals surface area contributed by atoms with Crippen LogP contribution in [-0.2, 0) is 30.4 Å². The molecule has 0 bridgehead atoms. The van der Waals surface area contributed by atoms with Crippen molar-refractivity contribution in [1.82, 2.24) is 4.90 Å². The van der Waals surface area contributed by atoms with Gasteiger partial charge in [0.05, 0.1) is 11.5 Å². The van der Waals surface area contributed by atoms with E-state index in [1.165, 1.54) is 24.3 Å². The predicted molar refractivity (Wildman–Crippen MR) is 143 cm³/mol. The van der Waals surface area contributed by atoms with E-state index in [0.29, 0.717) is 25.9 Å². The van der Waals surface area contributed by atoms with Gasteiger partial charge in [0.2, 0.25) is 0 Å². The number of nitrogens with zero attached hydrogens (tertiary/aromatic N) is 1. The monoisotopic (exact) mass is 551 g/mol. The molecule has 1 saturated heterocycles. The minimum Gasteiger partial charge on any atom is -0.475 e. The van der Waals surface area contributed by atoms with Crippen LogP contribution in [0.1, 0.15) is 34.3 Å². The molecule has 1 fully saturated rings. The van der Waals surface area contributed by atoms with Gasteiger partial charge in [-0.05, 0) is 54.5 Å². The van der Waals surface area contributed by atoms with Crippen molar-refractivity contribution in [1.29, 1.82) is 0 Å². The highest BCUT2D eigenvalue weighted by atomic mass is 32.2. The van der Waals surface area contributed by atoms with E-state index in [1.807, 2.05) is 31.2 Å². The van der Waals surface area contributed by atoms with Gasteiger partial charge in [0.25, 0.3) is 15.9 Å². The van der Waals surface area contributed by atoms with E-state index in [2.05, 4.69) is 0 Å². The number of amides is 1. The zero-order valence-electron chi connectivity index (χ0n) is 21.4. The molecule has 3 aromatic rings. The maximum Gasteiger partial charge on any atom is 0.410 e. The summed E-state index contributed by atoms with van der Waals surface area (Å²) in [5, 5.41) is 8.81. The fraction of sp³-hybridized carbons (Fsp3) is 0.276. The second-order valence-corrected chi connectivity index (χ2v) is 11.1. The molecule has 9 nitrogen and oxygen atoms in total. The second-order valence-electron chi connectivity index (χ2n) is 9.45. The second kappa shape index (κ2) is 12.2. The molecule has 1 amide bonds. The Labute approximate surface area is 227 Å². The number of aryl methyl sites for hydroxylation is 1. The van der Waals surface area contributed by atoms with Crippen molar-refractivity contribution >= 4 is 28.0 Å². The maximum atomic E-state index is 12.5. The predicted octanol–water partition coefficient (Wildman–Crippen LogP) is 4.68. The van der Waals surface area contributed by atoms with Gasteiger partial charge in [-0.2, -0.15) is 8.42 Å². The topological polar surface area (TPSA) is 127 Å². The zero-order chi connectivity index (χ0) is 28.0. The number of carbonyl (C=O) groups excluding carboxylic acids is 2. The van der Waals surface area contributed by atoms with E-state index in [-0.39, 0.29) is 29.6 Å². The first-order chi connectivity index (χ1) is 18.6. The molecule has 0 unspecified atom stereocenters. The average Bonchev–Trinajstić information content (AvgIpc) is 2.95. The van der Waals surface area contributed by atoms with Gasteiger partial charge in [0.1, 0.15) is 6.61 Å². The first-order valence-electron chi connectivity index (χ1n) is 12.5. The zero-order valence-corrected chi connectivity index (χ0v) is 22.2. The van der Waals surface area contributed by atoms with E-state index in [9.17, 15) is 22.8 Å². The number of carbonyl (C=O) groups is 3. The number of Topliss-reactive ketones (excluding diaryl/α,β-unsaturated/α-hetero) is 1. The molecule has 39 heavy (non-hydrogen) atoms. The van der Waals surface area contributed by atoms with Gasteiger partial charge in [0.15, 0.2) is 0 Å². The molecular formula is C29H29NO8S. The van der Waals surface area contributed by atoms with Crippen molar-refractivity contribution in [3.8, 4) is 11.1 Å². The van der Waals surface area contributed by atoms with Crippen molar-refractivity contribution < 1.29 is 36.8 Å². The number of benzene rings is 3. The number of aliphatic carboxylic acids is 1. The summed E-state index contributed by atoms with van der Waals surface area (Å²) in [6, 6.07) is 20.2. The lowest BCUT2D eigenvalue weighted by Gasteiger charge is -2.31. The Morgan fingerprint density at radius 1 is 0.872 bits per heavy atom. The fourth-order valence-electron chi connectivity index (χ4n) is 4.21. The first kappa shape index (κ1) is 28.0. The highest BCUT2D eigenvalue weighted by Crippen LogP contribution is 2.23. The molecule has 0 aliphatic carbocycles. The summed E-state index contributed by atoms with van der Waals surface area (Å²) < 4.78 is 35.5. The maximum absolute atomic E-state index is 12.5. The number of hydrogen-bond donors (Lipinski definition) is 1. The molecule has 204 valence electrons. The number of carboxylic acids is 1. The van der Waals surface area contributed by atoms with Crippen LogP contribution in [0.3, 0.4) is 0 Å². The van der Waals surface area contributed by atoms with Crippen LogP contribution in [0.25, 0.3) is 11.1 Å².